The molecule has 2 heterocycles. The standard InChI is InChI=1S/C53H75ClN4O16/c1-11-37(59)31-70-39-16-13-18-40(19-14-17-39)71-51(65)57(7)23-22-56(6)50(64)69-24-21-45(61)58(8)34(4)48(62)73-44-29-38(60)28-36-26-35(27-41(67-9)46(36)54)25-32(2)15-12-20-43(68-10)53(66)30-42(72-49(63)55-53)33(3)47-52(44,5)74-47/h12-13,15,18,20,26-27,33-34,39-40,42-44,47,66H,11,14,16-17,19,21-25,28-31H2,1-10H3,(H,55,63)/b18-13+,20-12+,32-15+/t33-,34+,39?,40?,42+,43-,44+,47+,52+,53+/m1/s1. The second-order valence-electron chi connectivity index (χ2n) is 19.9. The number of carbonyl (C=O) groups is 7. The maximum Gasteiger partial charge on any atom is 0.410 e. The Morgan fingerprint density at radius 1 is 1.00 bits per heavy atom. The molecule has 4 amide bonds. The van der Waals surface area contributed by atoms with Crippen LogP contribution >= 0.6 is 11.6 Å². The number of Topliss-reactive ketones (excluding diaryl/α,β-unsaturated/α-hetero) is 2. The van der Waals surface area contributed by atoms with Gasteiger partial charge in [-0.3, -0.25) is 19.7 Å². The minimum atomic E-state index is -1.88. The van der Waals surface area contributed by atoms with Crippen molar-refractivity contribution in [1.82, 2.24) is 20.0 Å². The Bertz CT molecular complexity index is 2290. The molecule has 1 aromatic rings. The van der Waals surface area contributed by atoms with Crippen LogP contribution in [-0.4, -0.2) is 177 Å². The lowest BCUT2D eigenvalue weighted by atomic mass is 9.83. The average molecular weight is 1060 g/mol. The minimum Gasteiger partial charge on any atom is -0.495 e. The van der Waals surface area contributed by atoms with Gasteiger partial charge in [-0.05, 0) is 76.1 Å². The number of hydrogen-bond acceptors (Lipinski definition) is 16. The van der Waals surface area contributed by atoms with E-state index in [-0.39, 0.29) is 74.7 Å². The van der Waals surface area contributed by atoms with E-state index in [1.807, 2.05) is 31.2 Å². The molecule has 0 aromatic heterocycles. The van der Waals surface area contributed by atoms with Crippen molar-refractivity contribution in [2.24, 2.45) is 5.92 Å². The van der Waals surface area contributed by atoms with Crippen LogP contribution in [0, 0.1) is 5.92 Å². The number of nitrogens with zero attached hydrogens (tertiary/aromatic N) is 3. The molecule has 2 N–H and O–H groups in total. The summed E-state index contributed by atoms with van der Waals surface area (Å²) in [5.74, 6) is -1.89. The summed E-state index contributed by atoms with van der Waals surface area (Å²) >= 11 is 6.76. The van der Waals surface area contributed by atoms with Crippen LogP contribution in [0.2, 0.25) is 5.02 Å². The molecule has 2 unspecified atom stereocenters. The van der Waals surface area contributed by atoms with Gasteiger partial charge < -0.3 is 57.7 Å². The first kappa shape index (κ1) is 59.3. The SMILES string of the molecule is CCC(=O)COC1C/C=C/C(OC(=O)N(C)CCN(C)C(=O)OCCC(=O)N(C)[C@@H](C)C(=O)O[C@H]2CC(=O)Cc3cc(cc(OC)c3Cl)C/C(C)=C/C=C/[C@@H](OC)[C@@]3(O)C[C@H](OC(=O)N3)[C@@H](C)[C@@H]3O[C@@]23C)CCC1. The third kappa shape index (κ3) is 16.0. The fourth-order valence-electron chi connectivity index (χ4n) is 9.16. The largest absolute Gasteiger partial charge is 0.495 e. The second-order valence-corrected chi connectivity index (χ2v) is 20.2. The molecule has 410 valence electrons. The lowest BCUT2D eigenvalue weighted by Gasteiger charge is -2.42. The number of nitrogens with one attached hydrogen (secondary N) is 1. The summed E-state index contributed by atoms with van der Waals surface area (Å²) in [4.78, 5) is 95.6. The molecule has 1 aromatic carbocycles. The Hall–Kier alpha value is -5.54. The van der Waals surface area contributed by atoms with Gasteiger partial charge in [-0.1, -0.05) is 61.4 Å². The van der Waals surface area contributed by atoms with Crippen molar-refractivity contribution in [2.75, 3.05) is 61.7 Å². The number of alkyl carbamates (subject to hydrolysis) is 1. The lowest BCUT2D eigenvalue weighted by molar-refractivity contribution is -0.162. The zero-order valence-electron chi connectivity index (χ0n) is 44.4. The molecule has 2 fully saturated rings. The zero-order chi connectivity index (χ0) is 54.5. The van der Waals surface area contributed by atoms with Gasteiger partial charge in [-0.2, -0.15) is 0 Å². The number of hydrogen-bond donors (Lipinski definition) is 2. The first-order valence-electron chi connectivity index (χ1n) is 25.2. The number of ether oxygens (including phenoxy) is 8. The summed E-state index contributed by atoms with van der Waals surface area (Å²) in [6.07, 6.45) is 5.19. The summed E-state index contributed by atoms with van der Waals surface area (Å²) in [5.41, 5.74) is -0.940. The van der Waals surface area contributed by atoms with E-state index < -0.39 is 84.0 Å². The summed E-state index contributed by atoms with van der Waals surface area (Å²) in [7, 11) is 7.33. The first-order chi connectivity index (χ1) is 35.0. The Morgan fingerprint density at radius 3 is 2.41 bits per heavy atom. The molecule has 74 heavy (non-hydrogen) atoms. The molecule has 20 nitrogen and oxygen atoms in total. The van der Waals surface area contributed by atoms with Gasteiger partial charge in [-0.15, -0.1) is 0 Å². The molecular weight excluding hydrogens is 984 g/mol. The molecule has 21 heteroatoms. The number of epoxide rings is 1. The number of benzene rings is 1. The Morgan fingerprint density at radius 2 is 1.72 bits per heavy atom. The number of carbonyl (C=O) groups excluding carboxylic acids is 7. The lowest BCUT2D eigenvalue weighted by Crippen LogP contribution is -2.63. The molecule has 2 aliphatic heterocycles. The van der Waals surface area contributed by atoms with Crippen LogP contribution in [-0.2, 0) is 65.2 Å². The van der Waals surface area contributed by atoms with Gasteiger partial charge >= 0.3 is 24.2 Å². The quantitative estimate of drug-likeness (QED) is 0.0829. The molecule has 2 saturated heterocycles. The summed E-state index contributed by atoms with van der Waals surface area (Å²) in [5, 5.41) is 14.6. The number of halogens is 1. The van der Waals surface area contributed by atoms with Gasteiger partial charge in [0.15, 0.2) is 11.5 Å². The van der Waals surface area contributed by atoms with E-state index >= 15 is 0 Å². The van der Waals surface area contributed by atoms with Gasteiger partial charge in [0, 0.05) is 72.9 Å². The molecule has 5 rings (SSSR count). The predicted octanol–water partition coefficient (Wildman–Crippen LogP) is 6.05. The number of likely N-dealkylation sites (N-methyl/N-ethyl adjacent to an activating group) is 3. The van der Waals surface area contributed by atoms with E-state index in [2.05, 4.69) is 5.32 Å². The van der Waals surface area contributed by atoms with E-state index in [4.69, 9.17) is 49.5 Å². The number of rotatable bonds is 16. The summed E-state index contributed by atoms with van der Waals surface area (Å²) in [6.45, 7) is 8.64. The van der Waals surface area contributed by atoms with Crippen LogP contribution in [0.4, 0.5) is 14.4 Å². The highest BCUT2D eigenvalue weighted by atomic mass is 35.5. The Balaban J connectivity index is 1.19. The molecule has 4 bridgehead atoms. The molecule has 0 spiro atoms. The van der Waals surface area contributed by atoms with Crippen molar-refractivity contribution in [1.29, 1.82) is 0 Å². The Labute approximate surface area is 438 Å². The number of fused-ring (bicyclic) bond motifs is 5. The van der Waals surface area contributed by atoms with Crippen molar-refractivity contribution in [2.45, 2.75) is 153 Å². The van der Waals surface area contributed by atoms with Crippen molar-refractivity contribution >= 4 is 53.3 Å². The highest BCUT2D eigenvalue weighted by Gasteiger charge is 2.64. The number of allylic oxidation sites excluding steroid dienone is 3. The molecule has 10 atom stereocenters. The van der Waals surface area contributed by atoms with E-state index in [9.17, 15) is 38.7 Å². The molecular formula is C53H75ClN4O16. The number of ketones is 2. The molecule has 4 aliphatic rings. The summed E-state index contributed by atoms with van der Waals surface area (Å²) in [6, 6.07) is 2.43. The molecule has 0 radical (unpaired) electrons. The fraction of sp³-hybridized carbons (Fsp3) is 0.642. The van der Waals surface area contributed by atoms with Crippen LogP contribution in [0.5, 0.6) is 5.75 Å². The fourth-order valence-corrected chi connectivity index (χ4v) is 9.42. The van der Waals surface area contributed by atoms with E-state index in [0.29, 0.717) is 37.0 Å². The number of methoxy groups -OCH3 is 2. The Kier molecular flexibility index (Phi) is 21.5. The van der Waals surface area contributed by atoms with Gasteiger partial charge in [-0.25, -0.2) is 19.2 Å². The highest BCUT2D eigenvalue weighted by Crippen LogP contribution is 2.49. The van der Waals surface area contributed by atoms with Crippen molar-refractivity contribution in [3.8, 4) is 5.75 Å². The van der Waals surface area contributed by atoms with Crippen LogP contribution in [0.15, 0.2) is 48.1 Å². The normalized spacial score (nSPS) is 29.1. The molecule has 0 saturated carbocycles. The number of amides is 4. The van der Waals surface area contributed by atoms with Gasteiger partial charge in [0.1, 0.15) is 60.8 Å². The van der Waals surface area contributed by atoms with Crippen LogP contribution in [0.3, 0.4) is 0 Å². The minimum absolute atomic E-state index is 0.0504. The average Bonchev–Trinajstić information content (AvgIpc) is 4.05. The van der Waals surface area contributed by atoms with Gasteiger partial charge in [0.25, 0.3) is 0 Å². The smallest absolute Gasteiger partial charge is 0.410 e. The van der Waals surface area contributed by atoms with E-state index in [1.165, 1.54) is 45.0 Å². The number of aliphatic hydroxyl groups is 1. The van der Waals surface area contributed by atoms with Crippen molar-refractivity contribution < 1.29 is 76.6 Å². The van der Waals surface area contributed by atoms with E-state index in [0.717, 1.165) is 28.9 Å². The van der Waals surface area contributed by atoms with Gasteiger partial charge in [0.05, 0.1) is 30.8 Å². The van der Waals surface area contributed by atoms with Crippen LogP contribution in [0.1, 0.15) is 97.1 Å². The third-order valence-corrected chi connectivity index (χ3v) is 14.6. The van der Waals surface area contributed by atoms with Crippen molar-refractivity contribution in [3.05, 3.63) is 64.2 Å². The maximum absolute atomic E-state index is 14.1. The predicted molar refractivity (Wildman–Crippen MR) is 270 cm³/mol. The monoisotopic (exact) mass is 1060 g/mol. The van der Waals surface area contributed by atoms with E-state index in [1.54, 1.807) is 46.0 Å². The third-order valence-electron chi connectivity index (χ3n) is 14.2. The first-order valence-corrected chi connectivity index (χ1v) is 25.6. The molecule has 2 aliphatic carbocycles. The van der Waals surface area contributed by atoms with Crippen LogP contribution < -0.4 is 10.1 Å². The van der Waals surface area contributed by atoms with Crippen molar-refractivity contribution in [3.63, 3.8) is 0 Å². The highest BCUT2D eigenvalue weighted by molar-refractivity contribution is 6.33. The zero-order valence-corrected chi connectivity index (χ0v) is 45.1. The van der Waals surface area contributed by atoms with Crippen LogP contribution in [0.25, 0.3) is 0 Å². The second kappa shape index (κ2) is 26.8. The maximum atomic E-state index is 14.1. The summed E-state index contributed by atoms with van der Waals surface area (Å²) < 4.78 is 46.1. The van der Waals surface area contributed by atoms with Gasteiger partial charge in [0.2, 0.25) is 5.91 Å². The topological polar surface area (TPSA) is 239 Å². The number of esters is 1.